The molecule has 1 heterocycles. The number of rotatable bonds is 5. The number of benzene rings is 1. The van der Waals surface area contributed by atoms with Gasteiger partial charge in [-0.2, -0.15) is 0 Å². The van der Waals surface area contributed by atoms with E-state index in [1.54, 1.807) is 6.07 Å². The fourth-order valence-electron chi connectivity index (χ4n) is 1.55. The Bertz CT molecular complexity index is 641. The largest absolute Gasteiger partial charge is 0.480 e. The highest BCUT2D eigenvalue weighted by atomic mass is 32.2. The van der Waals surface area contributed by atoms with Crippen molar-refractivity contribution >= 4 is 29.3 Å². The fraction of sp³-hybridized carbons (Fsp3) is 0.167. The molecule has 0 bridgehead atoms. The van der Waals surface area contributed by atoms with Crippen LogP contribution in [0.1, 0.15) is 10.5 Å². The molecule has 0 saturated carbocycles. The van der Waals surface area contributed by atoms with Gasteiger partial charge in [0.1, 0.15) is 6.54 Å². The Morgan fingerprint density at radius 1 is 1.40 bits per heavy atom. The number of nitrogens with one attached hydrogen (secondary N) is 1. The fourth-order valence-corrected chi connectivity index (χ4v) is 2.11. The number of carboxylic acid groups (broad SMARTS) is 1. The molecule has 7 nitrogen and oxygen atoms in total. The molecule has 0 radical (unpaired) electrons. The Kier molecular flexibility index (Phi) is 4.36. The van der Waals surface area contributed by atoms with Crippen LogP contribution in [0.4, 0.5) is 5.69 Å². The highest BCUT2D eigenvalue weighted by molar-refractivity contribution is 7.98. The number of carbonyl (C=O) groups excluding carboxylic acids is 1. The Labute approximate surface area is 119 Å². The molecule has 0 aliphatic rings. The predicted molar refractivity (Wildman–Crippen MR) is 73.8 cm³/mol. The monoisotopic (exact) mass is 292 g/mol. The summed E-state index contributed by atoms with van der Waals surface area (Å²) in [6.45, 7) is -0.332. The maximum atomic E-state index is 12.0. The number of carbonyl (C=O) groups is 2. The second-order valence-corrected chi connectivity index (χ2v) is 4.70. The van der Waals surface area contributed by atoms with Crippen LogP contribution in [0.2, 0.25) is 0 Å². The van der Waals surface area contributed by atoms with Crippen LogP contribution in [0, 0.1) is 0 Å². The summed E-state index contributed by atoms with van der Waals surface area (Å²) in [4.78, 5) is 23.5. The minimum atomic E-state index is -1.05. The Morgan fingerprint density at radius 2 is 2.15 bits per heavy atom. The zero-order chi connectivity index (χ0) is 14.5. The summed E-state index contributed by atoms with van der Waals surface area (Å²) in [5, 5.41) is 18.6. The van der Waals surface area contributed by atoms with Crippen molar-refractivity contribution in [1.82, 2.24) is 15.0 Å². The highest BCUT2D eigenvalue weighted by Crippen LogP contribution is 2.24. The highest BCUT2D eigenvalue weighted by Gasteiger charge is 2.13. The van der Waals surface area contributed by atoms with Crippen molar-refractivity contribution in [2.75, 3.05) is 11.6 Å². The number of nitrogens with zero attached hydrogens (tertiary/aromatic N) is 3. The standard InChI is InChI=1S/C12H12N4O3S/c1-20-10-5-3-2-4-8(10)13-12(19)9-6-16(15-14-9)7-11(17)18/h2-6H,7H2,1H3,(H,13,19)(H,17,18). The van der Waals surface area contributed by atoms with Gasteiger partial charge in [-0.15, -0.1) is 16.9 Å². The lowest BCUT2D eigenvalue weighted by atomic mass is 10.3. The van der Waals surface area contributed by atoms with Crippen LogP contribution >= 0.6 is 11.8 Å². The molecule has 0 aliphatic carbocycles. The summed E-state index contributed by atoms with van der Waals surface area (Å²) in [5.74, 6) is -1.47. The summed E-state index contributed by atoms with van der Waals surface area (Å²) >= 11 is 1.51. The first-order chi connectivity index (χ1) is 9.60. The van der Waals surface area contributed by atoms with Gasteiger partial charge in [-0.25, -0.2) is 4.68 Å². The van der Waals surface area contributed by atoms with Gasteiger partial charge in [0.2, 0.25) is 0 Å². The number of aromatic nitrogens is 3. The van der Waals surface area contributed by atoms with Gasteiger partial charge in [0.05, 0.1) is 11.9 Å². The minimum Gasteiger partial charge on any atom is -0.480 e. The van der Waals surface area contributed by atoms with Crippen molar-refractivity contribution in [3.8, 4) is 0 Å². The van der Waals surface area contributed by atoms with E-state index in [2.05, 4.69) is 15.6 Å². The zero-order valence-electron chi connectivity index (χ0n) is 10.6. The second-order valence-electron chi connectivity index (χ2n) is 3.85. The molecule has 2 rings (SSSR count). The van der Waals surface area contributed by atoms with E-state index in [9.17, 15) is 9.59 Å². The van der Waals surface area contributed by atoms with Crippen LogP contribution < -0.4 is 5.32 Å². The van der Waals surface area contributed by atoms with Crippen molar-refractivity contribution in [2.45, 2.75) is 11.4 Å². The van der Waals surface area contributed by atoms with Gasteiger partial charge in [0.25, 0.3) is 5.91 Å². The van der Waals surface area contributed by atoms with Crippen LogP contribution in [-0.2, 0) is 11.3 Å². The molecule has 2 aromatic rings. The average Bonchev–Trinajstić information content (AvgIpc) is 2.87. The molecule has 20 heavy (non-hydrogen) atoms. The molecule has 2 N–H and O–H groups in total. The van der Waals surface area contributed by atoms with E-state index < -0.39 is 11.9 Å². The molecular formula is C12H12N4O3S. The lowest BCUT2D eigenvalue weighted by Gasteiger charge is -2.07. The van der Waals surface area contributed by atoms with Crippen molar-refractivity contribution in [1.29, 1.82) is 0 Å². The molecule has 1 aromatic heterocycles. The second kappa shape index (κ2) is 6.20. The Balaban J connectivity index is 2.12. The van der Waals surface area contributed by atoms with E-state index in [1.807, 2.05) is 24.5 Å². The maximum absolute atomic E-state index is 12.0. The summed E-state index contributed by atoms with van der Waals surface area (Å²) in [6, 6.07) is 7.37. The lowest BCUT2D eigenvalue weighted by molar-refractivity contribution is -0.137. The number of aliphatic carboxylic acids is 1. The van der Waals surface area contributed by atoms with Crippen molar-refractivity contribution in [3.05, 3.63) is 36.2 Å². The number of thioether (sulfide) groups is 1. The molecule has 0 fully saturated rings. The average molecular weight is 292 g/mol. The third-order valence-electron chi connectivity index (χ3n) is 2.42. The molecule has 0 saturated heterocycles. The number of carboxylic acids is 1. The smallest absolute Gasteiger partial charge is 0.325 e. The van der Waals surface area contributed by atoms with Crippen LogP contribution in [0.5, 0.6) is 0 Å². The minimum absolute atomic E-state index is 0.0714. The molecule has 0 unspecified atom stereocenters. The van der Waals surface area contributed by atoms with Crippen LogP contribution in [0.3, 0.4) is 0 Å². The van der Waals surface area contributed by atoms with E-state index in [0.717, 1.165) is 9.58 Å². The first kappa shape index (κ1) is 14.1. The van der Waals surface area contributed by atoms with Crippen LogP contribution in [-0.4, -0.2) is 38.2 Å². The number of amides is 1. The van der Waals surface area contributed by atoms with Gasteiger partial charge in [-0.3, -0.25) is 9.59 Å². The summed E-state index contributed by atoms with van der Waals surface area (Å²) in [6.07, 6.45) is 3.21. The topological polar surface area (TPSA) is 97.1 Å². The van der Waals surface area contributed by atoms with Crippen molar-refractivity contribution in [3.63, 3.8) is 0 Å². The van der Waals surface area contributed by atoms with Crippen LogP contribution in [0.25, 0.3) is 0 Å². The van der Waals surface area contributed by atoms with E-state index in [0.29, 0.717) is 5.69 Å². The van der Waals surface area contributed by atoms with Gasteiger partial charge >= 0.3 is 5.97 Å². The van der Waals surface area contributed by atoms with Gasteiger partial charge in [-0.05, 0) is 18.4 Å². The normalized spacial score (nSPS) is 10.2. The molecule has 8 heteroatoms. The lowest BCUT2D eigenvalue weighted by Crippen LogP contribution is -2.13. The zero-order valence-corrected chi connectivity index (χ0v) is 11.4. The summed E-state index contributed by atoms with van der Waals surface area (Å²) < 4.78 is 1.09. The molecule has 104 valence electrons. The SMILES string of the molecule is CSc1ccccc1NC(=O)c1cn(CC(=O)O)nn1. The Morgan fingerprint density at radius 3 is 2.85 bits per heavy atom. The third-order valence-corrected chi connectivity index (χ3v) is 3.22. The molecule has 0 spiro atoms. The number of para-hydroxylation sites is 1. The quantitative estimate of drug-likeness (QED) is 0.807. The maximum Gasteiger partial charge on any atom is 0.325 e. The first-order valence-electron chi connectivity index (χ1n) is 5.66. The predicted octanol–water partition coefficient (Wildman–Crippen LogP) is 1.34. The van der Waals surface area contributed by atoms with E-state index in [-0.39, 0.29) is 12.2 Å². The summed E-state index contributed by atoms with van der Waals surface area (Å²) in [5.41, 5.74) is 0.750. The molecule has 0 atom stereocenters. The number of hydrogen-bond acceptors (Lipinski definition) is 5. The number of hydrogen-bond donors (Lipinski definition) is 2. The van der Waals surface area contributed by atoms with Gasteiger partial charge in [-0.1, -0.05) is 17.3 Å². The van der Waals surface area contributed by atoms with Crippen molar-refractivity contribution in [2.24, 2.45) is 0 Å². The molecular weight excluding hydrogens is 280 g/mol. The Hall–Kier alpha value is -2.35. The summed E-state index contributed by atoms with van der Waals surface area (Å²) in [7, 11) is 0. The van der Waals surface area contributed by atoms with Crippen LogP contribution in [0.15, 0.2) is 35.4 Å². The number of anilines is 1. The van der Waals surface area contributed by atoms with E-state index >= 15 is 0 Å². The van der Waals surface area contributed by atoms with Gasteiger partial charge < -0.3 is 10.4 Å². The van der Waals surface area contributed by atoms with E-state index in [1.165, 1.54) is 18.0 Å². The molecule has 0 aliphatic heterocycles. The van der Waals surface area contributed by atoms with Crippen molar-refractivity contribution < 1.29 is 14.7 Å². The van der Waals surface area contributed by atoms with Gasteiger partial charge in [0.15, 0.2) is 5.69 Å². The molecule has 1 amide bonds. The third kappa shape index (κ3) is 3.35. The first-order valence-corrected chi connectivity index (χ1v) is 6.89. The van der Waals surface area contributed by atoms with Gasteiger partial charge in [0, 0.05) is 4.90 Å². The van der Waals surface area contributed by atoms with E-state index in [4.69, 9.17) is 5.11 Å². The molecule has 1 aromatic carbocycles.